The molecule has 26 heavy (non-hydrogen) atoms. The van der Waals surface area contributed by atoms with E-state index in [9.17, 15) is 0 Å². The fraction of sp³-hybridized carbons (Fsp3) is 0. The van der Waals surface area contributed by atoms with Crippen LogP contribution in [0, 0.1) is 0 Å². The van der Waals surface area contributed by atoms with E-state index in [4.69, 9.17) is 64.1 Å². The van der Waals surface area contributed by atoms with Crippen molar-refractivity contribution in [3.05, 3.63) is 0 Å². The molecule has 0 aromatic carbocycles. The Labute approximate surface area is 297 Å². The first-order valence-corrected chi connectivity index (χ1v) is 15.2. The molecule has 0 saturated heterocycles. The predicted molar refractivity (Wildman–Crippen MR) is 60.3 cm³/mol. The van der Waals surface area contributed by atoms with Gasteiger partial charge in [-0.05, 0) is 0 Å². The second-order valence-electron chi connectivity index (χ2n) is 1.79. The Hall–Kier alpha value is 7.03. The molecule has 0 unspecified atom stereocenters. The van der Waals surface area contributed by atoms with Gasteiger partial charge in [-0.1, -0.05) is 0 Å². The van der Waals surface area contributed by atoms with Gasteiger partial charge in [-0.2, -0.15) is 0 Å². The van der Waals surface area contributed by atoms with Gasteiger partial charge in [-0.25, -0.2) is 0 Å². The molecule has 0 aliphatic heterocycles. The van der Waals surface area contributed by atoms with Crippen molar-refractivity contribution in [1.29, 1.82) is 0 Å². The summed E-state index contributed by atoms with van der Waals surface area (Å²) in [4.78, 5) is 0. The Morgan fingerprint density at radius 1 is 0.308 bits per heavy atom. The van der Waals surface area contributed by atoms with E-state index in [0.717, 1.165) is 0 Å². The molecule has 0 saturated carbocycles. The Morgan fingerprint density at radius 3 is 0.308 bits per heavy atom. The molecule has 0 aliphatic carbocycles. The molecule has 0 aromatic heterocycles. The topological polar surface area (TPSA) is 345 Å². The Balaban J connectivity index is -0.0000000152. The SMILES string of the molecule is O=[As]([O-])([O-])[O-].O=[As]([O-])([O-])[O-].O=[As]([O-])([O-])[O-].O=[As]([O-])([O-])[O-].[Ca+2].[Ca+2].[Ca+2].[Mg+2].[Mg+2].[Mg+2]. The summed E-state index contributed by atoms with van der Waals surface area (Å²) >= 11 is -23.5. The molecule has 128 valence electrons. The predicted octanol–water partition coefficient (Wildman–Crippen LogP) is -18.6. The molecule has 0 N–H and O–H groups in total. The third kappa shape index (κ3) is 566. The zero-order chi connectivity index (χ0) is 18.0. The van der Waals surface area contributed by atoms with Crippen molar-refractivity contribution in [2.75, 3.05) is 0 Å². The van der Waals surface area contributed by atoms with Crippen LogP contribution in [0.4, 0.5) is 0 Å². The van der Waals surface area contributed by atoms with Crippen LogP contribution in [0.2, 0.25) is 0 Å². The van der Waals surface area contributed by atoms with Crippen molar-refractivity contribution in [3.63, 3.8) is 0 Å². The zero-order valence-electron chi connectivity index (χ0n) is 12.6. The van der Waals surface area contributed by atoms with Crippen LogP contribution >= 0.6 is 0 Å². The van der Waals surface area contributed by atoms with E-state index in [1.54, 1.807) is 0 Å². The first kappa shape index (κ1) is 63.9. The van der Waals surface area contributed by atoms with E-state index in [2.05, 4.69) is 0 Å². The molecular weight excluding hydrogens is 749 g/mol. The summed E-state index contributed by atoms with van der Waals surface area (Å²) in [6.07, 6.45) is 0. The molecule has 0 fully saturated rings. The Bertz CT molecular complexity index is 305. The van der Waals surface area contributed by atoms with Crippen molar-refractivity contribution < 1.29 is 64.1 Å². The second kappa shape index (κ2) is 32.0. The Morgan fingerprint density at radius 2 is 0.308 bits per heavy atom. The first-order valence-electron chi connectivity index (χ1n) is 2.92. The fourth-order valence-corrected chi connectivity index (χ4v) is 0. The molecule has 0 aliphatic rings. The standard InChI is InChI=1S/4AsH3O4.3Ca.3Mg/c4*2-1(3,4)5;;;;;;/h4*(H3,2,3,4,5);;;;;;/q;;;;6*+2/p-12. The molecule has 0 rings (SSSR count). The minimum atomic E-state index is -5.88. The van der Waals surface area contributed by atoms with Gasteiger partial charge >= 0.3 is 305 Å². The van der Waals surface area contributed by atoms with Crippen molar-refractivity contribution in [2.24, 2.45) is 0 Å². The third-order valence-electron chi connectivity index (χ3n) is 0. The molecule has 16 nitrogen and oxygen atoms in total. The zero-order valence-corrected chi connectivity index (χ0v) is 30.9. The molecule has 0 heterocycles. The van der Waals surface area contributed by atoms with Gasteiger partial charge < -0.3 is 0 Å². The molecule has 0 atom stereocenters. The maximum absolute atomic E-state index is 8.61. The summed E-state index contributed by atoms with van der Waals surface area (Å²) in [6, 6.07) is 0. The quantitative estimate of drug-likeness (QED) is 0.208. The molecule has 26 heteroatoms. The summed E-state index contributed by atoms with van der Waals surface area (Å²) < 4.78 is 138. The minimum Gasteiger partial charge on any atom is 2.00 e. The van der Waals surface area contributed by atoms with E-state index < -0.39 is 58.1 Å². The maximum atomic E-state index is 8.61. The number of hydrogen-bond donors (Lipinski definition) is 0. The van der Waals surface area contributed by atoms with Crippen molar-refractivity contribution in [3.8, 4) is 0 Å². The van der Waals surface area contributed by atoms with Crippen LogP contribution in [-0.4, -0.2) is 240 Å². The summed E-state index contributed by atoms with van der Waals surface area (Å²) in [5.74, 6) is 0. The smallest absolute Gasteiger partial charge is 2.00 e. The molecule has 0 bridgehead atoms. The van der Waals surface area contributed by atoms with Crippen molar-refractivity contribution in [2.45, 2.75) is 0 Å². The summed E-state index contributed by atoms with van der Waals surface area (Å²) in [6.45, 7) is 0. The number of hydrogen-bond acceptors (Lipinski definition) is 16. The van der Waals surface area contributed by atoms with Crippen LogP contribution < -0.4 is 49.1 Å². The molecule has 0 spiro atoms. The van der Waals surface area contributed by atoms with Gasteiger partial charge in [-0.15, -0.1) is 0 Å². The summed E-state index contributed by atoms with van der Waals surface area (Å²) in [5, 5.41) is 0. The van der Waals surface area contributed by atoms with Gasteiger partial charge in [-0.3, -0.25) is 0 Å². The monoisotopic (exact) mass is 747 g/mol. The van der Waals surface area contributed by atoms with Crippen LogP contribution in [0.3, 0.4) is 0 Å². The van der Waals surface area contributed by atoms with Crippen molar-refractivity contribution >= 4 is 240 Å². The van der Waals surface area contributed by atoms with Gasteiger partial charge in [0.25, 0.3) is 0 Å². The van der Waals surface area contributed by atoms with E-state index in [-0.39, 0.29) is 182 Å². The average molecular weight is 749 g/mol. The summed E-state index contributed by atoms with van der Waals surface area (Å²) in [5.41, 5.74) is 0. The van der Waals surface area contributed by atoms with Crippen LogP contribution in [-0.2, 0) is 15.0 Å². The van der Waals surface area contributed by atoms with Crippen LogP contribution in [0.5, 0.6) is 0 Å². The van der Waals surface area contributed by atoms with Crippen LogP contribution in [0.15, 0.2) is 0 Å². The molecule has 0 radical (unpaired) electrons. The maximum Gasteiger partial charge on any atom is 2.00 e. The minimum absolute atomic E-state index is 0. The third-order valence-corrected chi connectivity index (χ3v) is 0. The van der Waals surface area contributed by atoms with Gasteiger partial charge in [0, 0.05) is 0 Å². The average Bonchev–Trinajstić information content (AvgIpc) is 1.62. The fourth-order valence-electron chi connectivity index (χ4n) is 0. The molecular formula is As4Ca3Mg3O16. The van der Waals surface area contributed by atoms with Gasteiger partial charge in [0.2, 0.25) is 0 Å². The first-order chi connectivity index (χ1) is 8.00. The van der Waals surface area contributed by atoms with Crippen molar-refractivity contribution in [1.82, 2.24) is 0 Å². The van der Waals surface area contributed by atoms with E-state index >= 15 is 0 Å². The molecule has 0 aromatic rings. The largest absolute Gasteiger partial charge is 2.00 e. The van der Waals surface area contributed by atoms with Gasteiger partial charge in [0.05, 0.1) is 0 Å². The second-order valence-corrected chi connectivity index (χ2v) is 9.30. The van der Waals surface area contributed by atoms with E-state index in [1.807, 2.05) is 0 Å². The van der Waals surface area contributed by atoms with Crippen LogP contribution in [0.25, 0.3) is 0 Å². The van der Waals surface area contributed by atoms with Gasteiger partial charge in [0.15, 0.2) is 0 Å². The van der Waals surface area contributed by atoms with E-state index in [1.165, 1.54) is 0 Å². The van der Waals surface area contributed by atoms with Crippen LogP contribution in [0.1, 0.15) is 0 Å². The number of rotatable bonds is 0. The Kier molecular flexibility index (Phi) is 78.7. The summed E-state index contributed by atoms with van der Waals surface area (Å²) in [7, 11) is 0. The van der Waals surface area contributed by atoms with E-state index in [0.29, 0.717) is 0 Å². The normalized spacial score (nSPS) is 9.08. The van der Waals surface area contributed by atoms with Gasteiger partial charge in [0.1, 0.15) is 0 Å². The molecule has 0 amide bonds.